The van der Waals surface area contributed by atoms with Crippen molar-refractivity contribution in [1.29, 1.82) is 0 Å². The highest BCUT2D eigenvalue weighted by Gasteiger charge is 2.43. The molecule has 0 saturated carbocycles. The molecule has 0 spiro atoms. The Balaban J connectivity index is 1.95. The van der Waals surface area contributed by atoms with E-state index in [0.29, 0.717) is 6.04 Å². The summed E-state index contributed by atoms with van der Waals surface area (Å²) in [6, 6.07) is 8.22. The molecule has 1 fully saturated rings. The molecule has 4 nitrogen and oxygen atoms in total. The SMILES string of the molecule is CCC(c1ccc(Cl)cc1)N1CC(C)(OCC(=O)O)C1. The summed E-state index contributed by atoms with van der Waals surface area (Å²) in [4.78, 5) is 12.9. The van der Waals surface area contributed by atoms with E-state index in [1.165, 1.54) is 5.56 Å². The summed E-state index contributed by atoms with van der Waals surface area (Å²) in [6.07, 6.45) is 0.997. The number of carboxylic acids is 1. The fourth-order valence-corrected chi connectivity index (χ4v) is 2.88. The Bertz CT molecular complexity index is 469. The number of hydrogen-bond donors (Lipinski definition) is 1. The molecular formula is C15H20ClNO3. The fraction of sp³-hybridized carbons (Fsp3) is 0.533. The lowest BCUT2D eigenvalue weighted by molar-refractivity contribution is -0.170. The highest BCUT2D eigenvalue weighted by atomic mass is 35.5. The Labute approximate surface area is 124 Å². The first kappa shape index (κ1) is 15.3. The van der Waals surface area contributed by atoms with E-state index in [0.717, 1.165) is 24.5 Å². The molecule has 0 aliphatic carbocycles. The third kappa shape index (κ3) is 3.51. The van der Waals surface area contributed by atoms with Gasteiger partial charge in [0.15, 0.2) is 0 Å². The number of ether oxygens (including phenoxy) is 1. The molecule has 1 aromatic rings. The van der Waals surface area contributed by atoms with Gasteiger partial charge in [-0.25, -0.2) is 4.79 Å². The molecule has 5 heteroatoms. The van der Waals surface area contributed by atoms with Crippen molar-refractivity contribution in [2.24, 2.45) is 0 Å². The number of likely N-dealkylation sites (tertiary alicyclic amines) is 1. The van der Waals surface area contributed by atoms with Crippen molar-refractivity contribution in [3.8, 4) is 0 Å². The number of nitrogens with zero attached hydrogens (tertiary/aromatic N) is 1. The van der Waals surface area contributed by atoms with Gasteiger partial charge in [0.1, 0.15) is 6.61 Å². The average Bonchev–Trinajstić information content (AvgIpc) is 2.37. The molecule has 1 atom stereocenters. The number of benzene rings is 1. The first-order chi connectivity index (χ1) is 9.43. The topological polar surface area (TPSA) is 49.8 Å². The summed E-state index contributed by atoms with van der Waals surface area (Å²) < 4.78 is 5.44. The van der Waals surface area contributed by atoms with Gasteiger partial charge in [0.25, 0.3) is 0 Å². The molecule has 0 radical (unpaired) electrons. The van der Waals surface area contributed by atoms with Crippen molar-refractivity contribution < 1.29 is 14.6 Å². The molecule has 2 rings (SSSR count). The van der Waals surface area contributed by atoms with Crippen LogP contribution >= 0.6 is 11.6 Å². The number of halogens is 1. The maximum atomic E-state index is 10.6. The minimum Gasteiger partial charge on any atom is -0.480 e. The third-order valence-electron chi connectivity index (χ3n) is 3.70. The van der Waals surface area contributed by atoms with E-state index >= 15 is 0 Å². The van der Waals surface area contributed by atoms with Gasteiger partial charge in [-0.3, -0.25) is 4.90 Å². The summed E-state index contributed by atoms with van der Waals surface area (Å²) in [5, 5.41) is 9.41. The van der Waals surface area contributed by atoms with Crippen LogP contribution in [-0.4, -0.2) is 41.3 Å². The van der Waals surface area contributed by atoms with Gasteiger partial charge in [-0.15, -0.1) is 0 Å². The molecule has 1 aliphatic heterocycles. The van der Waals surface area contributed by atoms with Gasteiger partial charge in [0, 0.05) is 24.2 Å². The summed E-state index contributed by atoms with van der Waals surface area (Å²) in [7, 11) is 0. The van der Waals surface area contributed by atoms with Crippen LogP contribution < -0.4 is 0 Å². The lowest BCUT2D eigenvalue weighted by Crippen LogP contribution is -2.62. The quantitative estimate of drug-likeness (QED) is 0.877. The van der Waals surface area contributed by atoms with Crippen LogP contribution in [-0.2, 0) is 9.53 Å². The van der Waals surface area contributed by atoms with Crippen molar-refractivity contribution >= 4 is 17.6 Å². The lowest BCUT2D eigenvalue weighted by Gasteiger charge is -2.51. The van der Waals surface area contributed by atoms with Crippen LogP contribution in [0.1, 0.15) is 31.9 Å². The second-order valence-electron chi connectivity index (χ2n) is 5.51. The van der Waals surface area contributed by atoms with E-state index in [1.807, 2.05) is 31.2 Å². The normalized spacial score (nSPS) is 19.4. The van der Waals surface area contributed by atoms with Crippen molar-refractivity contribution in [2.45, 2.75) is 31.9 Å². The number of carbonyl (C=O) groups is 1. The van der Waals surface area contributed by atoms with Crippen molar-refractivity contribution in [2.75, 3.05) is 19.7 Å². The molecule has 0 aromatic heterocycles. The minimum atomic E-state index is -0.922. The van der Waals surface area contributed by atoms with Crippen LogP contribution in [0.3, 0.4) is 0 Å². The maximum absolute atomic E-state index is 10.6. The molecular weight excluding hydrogens is 278 g/mol. The molecule has 1 aliphatic rings. The molecule has 1 saturated heterocycles. The standard InChI is InChI=1S/C15H20ClNO3/c1-3-13(11-4-6-12(16)7-5-11)17-9-15(2,10-17)20-8-14(18)19/h4-7,13H,3,8-10H2,1-2H3,(H,18,19). The predicted molar refractivity (Wildman–Crippen MR) is 78.0 cm³/mol. The average molecular weight is 298 g/mol. The van der Waals surface area contributed by atoms with Crippen molar-refractivity contribution in [3.63, 3.8) is 0 Å². The van der Waals surface area contributed by atoms with E-state index in [1.54, 1.807) is 0 Å². The van der Waals surface area contributed by atoms with E-state index in [9.17, 15) is 4.79 Å². The highest BCUT2D eigenvalue weighted by Crippen LogP contribution is 2.35. The summed E-state index contributed by atoms with van der Waals surface area (Å²) in [5.41, 5.74) is 0.885. The van der Waals surface area contributed by atoms with Crippen molar-refractivity contribution in [1.82, 2.24) is 4.90 Å². The third-order valence-corrected chi connectivity index (χ3v) is 3.95. The maximum Gasteiger partial charge on any atom is 0.329 e. The van der Waals surface area contributed by atoms with E-state index in [-0.39, 0.29) is 12.2 Å². The Kier molecular flexibility index (Phi) is 4.68. The largest absolute Gasteiger partial charge is 0.480 e. The van der Waals surface area contributed by atoms with Crippen molar-refractivity contribution in [3.05, 3.63) is 34.9 Å². The minimum absolute atomic E-state index is 0.234. The van der Waals surface area contributed by atoms with E-state index in [4.69, 9.17) is 21.4 Å². The lowest BCUT2D eigenvalue weighted by atomic mass is 9.90. The zero-order valence-corrected chi connectivity index (χ0v) is 12.6. The Morgan fingerprint density at radius 2 is 2.05 bits per heavy atom. The van der Waals surface area contributed by atoms with E-state index < -0.39 is 5.97 Å². The summed E-state index contributed by atoms with van der Waals surface area (Å²) >= 11 is 5.91. The summed E-state index contributed by atoms with van der Waals surface area (Å²) in [6.45, 7) is 5.37. The number of carboxylic acid groups (broad SMARTS) is 1. The van der Waals surface area contributed by atoms with Gasteiger partial charge >= 0.3 is 5.97 Å². The highest BCUT2D eigenvalue weighted by molar-refractivity contribution is 6.30. The van der Waals surface area contributed by atoms with Crippen LogP contribution in [0.5, 0.6) is 0 Å². The van der Waals surface area contributed by atoms with Gasteiger partial charge in [-0.05, 0) is 31.0 Å². The molecule has 1 aromatic carbocycles. The number of hydrogen-bond acceptors (Lipinski definition) is 3. The molecule has 20 heavy (non-hydrogen) atoms. The van der Waals surface area contributed by atoms with Crippen LogP contribution in [0, 0.1) is 0 Å². The predicted octanol–water partition coefficient (Wildman–Crippen LogP) is 2.97. The van der Waals surface area contributed by atoms with Crippen LogP contribution in [0.2, 0.25) is 5.02 Å². The molecule has 1 unspecified atom stereocenters. The second-order valence-corrected chi connectivity index (χ2v) is 5.95. The second kappa shape index (κ2) is 6.12. The first-order valence-electron chi connectivity index (χ1n) is 6.79. The number of rotatable bonds is 6. The Morgan fingerprint density at radius 1 is 1.45 bits per heavy atom. The first-order valence-corrected chi connectivity index (χ1v) is 7.16. The Hall–Kier alpha value is -1.10. The molecule has 110 valence electrons. The van der Waals surface area contributed by atoms with Crippen LogP contribution in [0.4, 0.5) is 0 Å². The van der Waals surface area contributed by atoms with E-state index in [2.05, 4.69) is 11.8 Å². The zero-order valence-electron chi connectivity index (χ0n) is 11.8. The van der Waals surface area contributed by atoms with Gasteiger partial charge in [0.05, 0.1) is 5.60 Å². The smallest absolute Gasteiger partial charge is 0.329 e. The Morgan fingerprint density at radius 3 is 2.55 bits per heavy atom. The summed E-state index contributed by atoms with van der Waals surface area (Å²) in [5.74, 6) is -0.922. The molecule has 1 N–H and O–H groups in total. The molecule has 0 amide bonds. The van der Waals surface area contributed by atoms with Gasteiger partial charge in [-0.1, -0.05) is 30.7 Å². The van der Waals surface area contributed by atoms with Crippen LogP contribution in [0.25, 0.3) is 0 Å². The van der Waals surface area contributed by atoms with Gasteiger partial charge < -0.3 is 9.84 Å². The molecule has 1 heterocycles. The van der Waals surface area contributed by atoms with Crippen LogP contribution in [0.15, 0.2) is 24.3 Å². The monoisotopic (exact) mass is 297 g/mol. The molecule has 0 bridgehead atoms. The van der Waals surface area contributed by atoms with Gasteiger partial charge in [0.2, 0.25) is 0 Å². The zero-order chi connectivity index (χ0) is 14.8. The fourth-order valence-electron chi connectivity index (χ4n) is 2.75. The number of aliphatic carboxylic acids is 1. The van der Waals surface area contributed by atoms with Gasteiger partial charge in [-0.2, -0.15) is 0 Å².